The molecule has 2 aliphatic carbocycles. The van der Waals surface area contributed by atoms with Crippen molar-refractivity contribution in [1.29, 1.82) is 0 Å². The first-order valence-corrected chi connectivity index (χ1v) is 6.83. The molecular formula is C15H21NO2. The van der Waals surface area contributed by atoms with Crippen LogP contribution in [0.5, 0.6) is 5.75 Å². The summed E-state index contributed by atoms with van der Waals surface area (Å²) in [5.74, 6) is 1.60. The van der Waals surface area contributed by atoms with Crippen LogP contribution in [0, 0.1) is 5.92 Å². The minimum absolute atomic E-state index is 0.0301. The van der Waals surface area contributed by atoms with E-state index < -0.39 is 0 Å². The lowest BCUT2D eigenvalue weighted by Crippen LogP contribution is -2.29. The molecule has 18 heavy (non-hydrogen) atoms. The van der Waals surface area contributed by atoms with Crippen LogP contribution in [-0.2, 0) is 4.74 Å². The number of ether oxygens (including phenoxy) is 2. The van der Waals surface area contributed by atoms with Crippen molar-refractivity contribution in [3.05, 3.63) is 29.8 Å². The molecule has 98 valence electrons. The van der Waals surface area contributed by atoms with E-state index in [1.165, 1.54) is 25.7 Å². The highest BCUT2D eigenvalue weighted by Gasteiger charge is 2.35. The van der Waals surface area contributed by atoms with Gasteiger partial charge in [0.1, 0.15) is 5.75 Å². The Morgan fingerprint density at radius 1 is 1.11 bits per heavy atom. The highest BCUT2D eigenvalue weighted by molar-refractivity contribution is 5.30. The SMILES string of the molecule is COC(C1CC1)C(N)c1ccc(OC2CC2)cc1. The number of hydrogen-bond acceptors (Lipinski definition) is 3. The van der Waals surface area contributed by atoms with Gasteiger partial charge in [-0.05, 0) is 49.3 Å². The topological polar surface area (TPSA) is 44.5 Å². The summed E-state index contributed by atoms with van der Waals surface area (Å²) in [5, 5.41) is 0. The van der Waals surface area contributed by atoms with E-state index in [0.29, 0.717) is 12.0 Å². The van der Waals surface area contributed by atoms with Gasteiger partial charge in [-0.15, -0.1) is 0 Å². The lowest BCUT2D eigenvalue weighted by molar-refractivity contribution is 0.0624. The Morgan fingerprint density at radius 2 is 1.78 bits per heavy atom. The summed E-state index contributed by atoms with van der Waals surface area (Å²) in [7, 11) is 1.76. The van der Waals surface area contributed by atoms with Crippen molar-refractivity contribution >= 4 is 0 Å². The molecule has 0 saturated heterocycles. The van der Waals surface area contributed by atoms with Gasteiger partial charge in [-0.25, -0.2) is 0 Å². The molecule has 0 amide bonds. The van der Waals surface area contributed by atoms with Crippen LogP contribution < -0.4 is 10.5 Å². The van der Waals surface area contributed by atoms with E-state index in [1.54, 1.807) is 7.11 Å². The van der Waals surface area contributed by atoms with E-state index in [-0.39, 0.29) is 12.1 Å². The average Bonchev–Trinajstić information content (AvgIpc) is 3.25. The molecule has 0 bridgehead atoms. The molecule has 0 aliphatic heterocycles. The van der Waals surface area contributed by atoms with E-state index in [0.717, 1.165) is 11.3 Å². The number of rotatable bonds is 6. The smallest absolute Gasteiger partial charge is 0.119 e. The number of hydrogen-bond donors (Lipinski definition) is 1. The summed E-state index contributed by atoms with van der Waals surface area (Å²) >= 11 is 0. The minimum Gasteiger partial charge on any atom is -0.490 e. The van der Waals surface area contributed by atoms with Crippen molar-refractivity contribution in [2.75, 3.05) is 7.11 Å². The second-order valence-electron chi connectivity index (χ2n) is 5.45. The van der Waals surface area contributed by atoms with Gasteiger partial charge in [-0.3, -0.25) is 0 Å². The molecule has 2 fully saturated rings. The molecule has 0 spiro atoms. The fraction of sp³-hybridized carbons (Fsp3) is 0.600. The first-order valence-electron chi connectivity index (χ1n) is 6.83. The highest BCUT2D eigenvalue weighted by Crippen LogP contribution is 2.39. The lowest BCUT2D eigenvalue weighted by Gasteiger charge is -2.22. The van der Waals surface area contributed by atoms with Crippen LogP contribution in [0.3, 0.4) is 0 Å². The van der Waals surface area contributed by atoms with Crippen LogP contribution in [0.15, 0.2) is 24.3 Å². The summed E-state index contributed by atoms with van der Waals surface area (Å²) in [4.78, 5) is 0. The zero-order valence-electron chi connectivity index (χ0n) is 10.8. The van der Waals surface area contributed by atoms with Gasteiger partial charge in [0.15, 0.2) is 0 Å². The van der Waals surface area contributed by atoms with Gasteiger partial charge in [-0.1, -0.05) is 12.1 Å². The Hall–Kier alpha value is -1.06. The standard InChI is InChI=1S/C15H21NO2/c1-17-15(11-2-3-11)14(16)10-4-6-12(7-5-10)18-13-8-9-13/h4-7,11,13-15H,2-3,8-9,16H2,1H3. The third kappa shape index (κ3) is 2.68. The summed E-state index contributed by atoms with van der Waals surface area (Å²) in [6.07, 6.45) is 5.47. The fourth-order valence-electron chi connectivity index (χ4n) is 2.39. The Bertz CT molecular complexity index is 395. The van der Waals surface area contributed by atoms with Gasteiger partial charge >= 0.3 is 0 Å². The van der Waals surface area contributed by atoms with Gasteiger partial charge in [0.2, 0.25) is 0 Å². The summed E-state index contributed by atoms with van der Waals surface area (Å²) < 4.78 is 11.3. The van der Waals surface area contributed by atoms with Gasteiger partial charge in [-0.2, -0.15) is 0 Å². The van der Waals surface area contributed by atoms with Crippen LogP contribution in [0.2, 0.25) is 0 Å². The maximum atomic E-state index is 6.29. The van der Waals surface area contributed by atoms with Crippen molar-refractivity contribution in [3.63, 3.8) is 0 Å². The third-order valence-electron chi connectivity index (χ3n) is 3.80. The second-order valence-corrected chi connectivity index (χ2v) is 5.45. The van der Waals surface area contributed by atoms with Crippen molar-refractivity contribution in [2.24, 2.45) is 11.7 Å². The normalized spacial score (nSPS) is 22.6. The van der Waals surface area contributed by atoms with Gasteiger partial charge in [0, 0.05) is 7.11 Å². The predicted molar refractivity (Wildman–Crippen MR) is 70.5 cm³/mol. The van der Waals surface area contributed by atoms with Gasteiger partial charge in [0.05, 0.1) is 18.2 Å². The van der Waals surface area contributed by atoms with Gasteiger partial charge in [0.25, 0.3) is 0 Å². The van der Waals surface area contributed by atoms with E-state index in [1.807, 2.05) is 12.1 Å². The molecule has 2 unspecified atom stereocenters. The van der Waals surface area contributed by atoms with Crippen LogP contribution >= 0.6 is 0 Å². The summed E-state index contributed by atoms with van der Waals surface area (Å²) in [5.41, 5.74) is 7.42. The Labute approximate surface area is 108 Å². The fourth-order valence-corrected chi connectivity index (χ4v) is 2.39. The maximum Gasteiger partial charge on any atom is 0.119 e. The Morgan fingerprint density at radius 3 is 2.28 bits per heavy atom. The minimum atomic E-state index is -0.0301. The van der Waals surface area contributed by atoms with E-state index in [2.05, 4.69) is 12.1 Å². The van der Waals surface area contributed by atoms with E-state index >= 15 is 0 Å². The second kappa shape index (κ2) is 4.90. The number of benzene rings is 1. The van der Waals surface area contributed by atoms with Crippen LogP contribution in [-0.4, -0.2) is 19.3 Å². The molecule has 3 rings (SSSR count). The Balaban J connectivity index is 1.66. The molecule has 0 aromatic heterocycles. The molecule has 2 atom stereocenters. The molecule has 2 saturated carbocycles. The largest absolute Gasteiger partial charge is 0.490 e. The van der Waals surface area contributed by atoms with Crippen LogP contribution in [0.4, 0.5) is 0 Å². The number of nitrogens with two attached hydrogens (primary N) is 1. The molecule has 2 N–H and O–H groups in total. The Kier molecular flexibility index (Phi) is 3.27. The molecule has 0 heterocycles. The molecule has 2 aliphatic rings. The summed E-state index contributed by atoms with van der Waals surface area (Å²) in [6, 6.07) is 8.14. The summed E-state index contributed by atoms with van der Waals surface area (Å²) in [6.45, 7) is 0. The molecule has 1 aromatic rings. The van der Waals surface area contributed by atoms with Crippen molar-refractivity contribution in [1.82, 2.24) is 0 Å². The lowest BCUT2D eigenvalue weighted by atomic mass is 9.99. The van der Waals surface area contributed by atoms with Crippen molar-refractivity contribution < 1.29 is 9.47 Å². The zero-order chi connectivity index (χ0) is 12.5. The predicted octanol–water partition coefficient (Wildman–Crippen LogP) is 2.65. The first kappa shape index (κ1) is 12.0. The van der Waals surface area contributed by atoms with Crippen LogP contribution in [0.25, 0.3) is 0 Å². The van der Waals surface area contributed by atoms with Crippen molar-refractivity contribution in [3.8, 4) is 5.75 Å². The van der Waals surface area contributed by atoms with Crippen LogP contribution in [0.1, 0.15) is 37.3 Å². The highest BCUT2D eigenvalue weighted by atomic mass is 16.5. The zero-order valence-corrected chi connectivity index (χ0v) is 10.8. The molecular weight excluding hydrogens is 226 g/mol. The molecule has 0 radical (unpaired) electrons. The number of methoxy groups -OCH3 is 1. The average molecular weight is 247 g/mol. The molecule has 3 nitrogen and oxygen atoms in total. The van der Waals surface area contributed by atoms with Crippen molar-refractivity contribution in [2.45, 2.75) is 43.9 Å². The quantitative estimate of drug-likeness (QED) is 0.840. The van der Waals surface area contributed by atoms with Gasteiger partial charge < -0.3 is 15.2 Å². The monoisotopic (exact) mass is 247 g/mol. The maximum absolute atomic E-state index is 6.29. The molecule has 1 aromatic carbocycles. The third-order valence-corrected chi connectivity index (χ3v) is 3.80. The first-order chi connectivity index (χ1) is 8.78. The molecule has 3 heteroatoms. The van der Waals surface area contributed by atoms with E-state index in [9.17, 15) is 0 Å². The van der Waals surface area contributed by atoms with E-state index in [4.69, 9.17) is 15.2 Å².